The number of amides is 1. The molecule has 0 aromatic heterocycles. The molecule has 0 bridgehead atoms. The van der Waals surface area contributed by atoms with E-state index in [1.165, 1.54) is 17.0 Å². The molecule has 1 fully saturated rings. The van der Waals surface area contributed by atoms with Crippen LogP contribution < -0.4 is 5.32 Å². The number of nitrogens with zero attached hydrogens (tertiary/aromatic N) is 1. The fraction of sp³-hybridized carbons (Fsp3) is 0.917. The molecular formula is C12H24N2O4S. The summed E-state index contributed by atoms with van der Waals surface area (Å²) in [6.45, 7) is 2.62. The first kappa shape index (κ1) is 16.2. The molecule has 0 aromatic rings. The highest BCUT2D eigenvalue weighted by Gasteiger charge is 2.27. The second-order valence-electron chi connectivity index (χ2n) is 4.81. The summed E-state index contributed by atoms with van der Waals surface area (Å²) in [4.78, 5) is 11.1. The minimum Gasteiger partial charge on any atom is -0.450 e. The van der Waals surface area contributed by atoms with E-state index in [9.17, 15) is 13.2 Å². The van der Waals surface area contributed by atoms with E-state index in [1.54, 1.807) is 6.92 Å². The molecule has 112 valence electrons. The Morgan fingerprint density at radius 2 is 1.95 bits per heavy atom. The molecule has 0 spiro atoms. The zero-order chi connectivity index (χ0) is 14.3. The van der Waals surface area contributed by atoms with Gasteiger partial charge >= 0.3 is 6.09 Å². The van der Waals surface area contributed by atoms with Gasteiger partial charge in [-0.15, -0.1) is 0 Å². The highest BCUT2D eigenvalue weighted by molar-refractivity contribution is 7.88. The standard InChI is InChI=1S/C12H24N2O4S/c1-3-18-12(15)13-9-10-14(19(2,16)17)11-7-5-4-6-8-11/h11H,3-10H2,1-2H3,(H,13,15). The van der Waals surface area contributed by atoms with Crippen LogP contribution in [0.3, 0.4) is 0 Å². The third-order valence-corrected chi connectivity index (χ3v) is 4.62. The number of ether oxygens (including phenoxy) is 1. The van der Waals surface area contributed by atoms with Gasteiger partial charge in [-0.1, -0.05) is 19.3 Å². The summed E-state index contributed by atoms with van der Waals surface area (Å²) in [6, 6.07) is 0.0766. The molecule has 1 rings (SSSR count). The number of alkyl carbamates (subject to hydrolysis) is 1. The number of nitrogens with one attached hydrogen (secondary N) is 1. The maximum atomic E-state index is 11.8. The largest absolute Gasteiger partial charge is 0.450 e. The fourth-order valence-corrected chi connectivity index (χ4v) is 3.61. The highest BCUT2D eigenvalue weighted by Crippen LogP contribution is 2.23. The molecule has 0 radical (unpaired) electrons. The van der Waals surface area contributed by atoms with Gasteiger partial charge in [-0.05, 0) is 19.8 Å². The van der Waals surface area contributed by atoms with Gasteiger partial charge in [-0.3, -0.25) is 0 Å². The molecule has 0 heterocycles. The topological polar surface area (TPSA) is 75.7 Å². The minimum atomic E-state index is -3.23. The molecule has 0 unspecified atom stereocenters. The molecule has 1 amide bonds. The third kappa shape index (κ3) is 5.78. The molecule has 19 heavy (non-hydrogen) atoms. The SMILES string of the molecule is CCOC(=O)NCCN(C1CCCCC1)S(C)(=O)=O. The van der Waals surface area contributed by atoms with Crippen LogP contribution in [0, 0.1) is 0 Å². The van der Waals surface area contributed by atoms with Crippen LogP contribution >= 0.6 is 0 Å². The van der Waals surface area contributed by atoms with Crippen LogP contribution in [0.25, 0.3) is 0 Å². The highest BCUT2D eigenvalue weighted by atomic mass is 32.2. The van der Waals surface area contributed by atoms with Gasteiger partial charge in [0.05, 0.1) is 12.9 Å². The number of sulfonamides is 1. The lowest BCUT2D eigenvalue weighted by molar-refractivity contribution is 0.150. The van der Waals surface area contributed by atoms with Crippen molar-refractivity contribution >= 4 is 16.1 Å². The average Bonchev–Trinajstić information content (AvgIpc) is 2.34. The minimum absolute atomic E-state index is 0.0766. The Hall–Kier alpha value is -0.820. The molecule has 0 atom stereocenters. The van der Waals surface area contributed by atoms with Crippen LogP contribution in [0.2, 0.25) is 0 Å². The first-order chi connectivity index (χ1) is 8.95. The van der Waals surface area contributed by atoms with E-state index in [4.69, 9.17) is 4.74 Å². The van der Waals surface area contributed by atoms with Crippen LogP contribution in [0.5, 0.6) is 0 Å². The van der Waals surface area contributed by atoms with Gasteiger partial charge in [0.1, 0.15) is 0 Å². The van der Waals surface area contributed by atoms with Crippen molar-refractivity contribution in [3.8, 4) is 0 Å². The van der Waals surface area contributed by atoms with E-state index in [0.717, 1.165) is 25.7 Å². The summed E-state index contributed by atoms with van der Waals surface area (Å²) >= 11 is 0. The summed E-state index contributed by atoms with van der Waals surface area (Å²) < 4.78 is 29.9. The summed E-state index contributed by atoms with van der Waals surface area (Å²) in [6.07, 6.45) is 5.86. The van der Waals surface area contributed by atoms with Crippen molar-refractivity contribution in [1.82, 2.24) is 9.62 Å². The van der Waals surface area contributed by atoms with E-state index in [-0.39, 0.29) is 12.6 Å². The van der Waals surface area contributed by atoms with Crippen molar-refractivity contribution < 1.29 is 17.9 Å². The van der Waals surface area contributed by atoms with E-state index in [2.05, 4.69) is 5.32 Å². The van der Waals surface area contributed by atoms with Crippen molar-refractivity contribution in [3.05, 3.63) is 0 Å². The lowest BCUT2D eigenvalue weighted by Crippen LogP contribution is -2.45. The molecule has 1 aliphatic rings. The van der Waals surface area contributed by atoms with Crippen molar-refractivity contribution in [1.29, 1.82) is 0 Å². The average molecular weight is 292 g/mol. The summed E-state index contributed by atoms with van der Waals surface area (Å²) in [7, 11) is -3.23. The van der Waals surface area contributed by atoms with Gasteiger partial charge in [0, 0.05) is 19.1 Å². The summed E-state index contributed by atoms with van der Waals surface area (Å²) in [5.74, 6) is 0. The van der Waals surface area contributed by atoms with Crippen LogP contribution in [0.1, 0.15) is 39.0 Å². The van der Waals surface area contributed by atoms with E-state index in [0.29, 0.717) is 13.2 Å². The van der Waals surface area contributed by atoms with Gasteiger partial charge in [-0.25, -0.2) is 13.2 Å². The van der Waals surface area contributed by atoms with Crippen LogP contribution in [-0.2, 0) is 14.8 Å². The Balaban J connectivity index is 2.49. The van der Waals surface area contributed by atoms with Crippen molar-refractivity contribution in [2.24, 2.45) is 0 Å². The van der Waals surface area contributed by atoms with E-state index < -0.39 is 16.1 Å². The molecule has 0 aliphatic heterocycles. The Kier molecular flexibility index (Phi) is 6.57. The molecule has 7 heteroatoms. The molecule has 0 aromatic carbocycles. The maximum Gasteiger partial charge on any atom is 0.407 e. The second kappa shape index (κ2) is 7.69. The predicted molar refractivity (Wildman–Crippen MR) is 73.4 cm³/mol. The molecule has 0 saturated heterocycles. The molecule has 1 aliphatic carbocycles. The molecule has 1 saturated carbocycles. The van der Waals surface area contributed by atoms with Gasteiger partial charge in [-0.2, -0.15) is 4.31 Å². The Morgan fingerprint density at radius 1 is 1.32 bits per heavy atom. The number of rotatable bonds is 6. The monoisotopic (exact) mass is 292 g/mol. The van der Waals surface area contributed by atoms with E-state index >= 15 is 0 Å². The summed E-state index contributed by atoms with van der Waals surface area (Å²) in [5.41, 5.74) is 0. The number of carbonyl (C=O) groups excluding carboxylic acids is 1. The molecule has 6 nitrogen and oxygen atoms in total. The second-order valence-corrected chi connectivity index (χ2v) is 6.75. The van der Waals surface area contributed by atoms with Crippen molar-refractivity contribution in [3.63, 3.8) is 0 Å². The van der Waals surface area contributed by atoms with Gasteiger partial charge in [0.15, 0.2) is 0 Å². The quantitative estimate of drug-likeness (QED) is 0.801. The molecule has 1 N–H and O–H groups in total. The third-order valence-electron chi connectivity index (χ3n) is 3.28. The Labute approximate surface area is 115 Å². The first-order valence-electron chi connectivity index (χ1n) is 6.82. The van der Waals surface area contributed by atoms with Gasteiger partial charge in [0.2, 0.25) is 10.0 Å². The number of hydrogen-bond acceptors (Lipinski definition) is 4. The lowest BCUT2D eigenvalue weighted by Gasteiger charge is -2.32. The number of hydrogen-bond donors (Lipinski definition) is 1. The van der Waals surface area contributed by atoms with E-state index in [1.807, 2.05) is 0 Å². The van der Waals surface area contributed by atoms with Crippen LogP contribution in [0.4, 0.5) is 4.79 Å². The number of carbonyl (C=O) groups is 1. The Morgan fingerprint density at radius 3 is 2.47 bits per heavy atom. The normalized spacial score (nSPS) is 17.4. The van der Waals surface area contributed by atoms with Gasteiger partial charge in [0.25, 0.3) is 0 Å². The fourth-order valence-electron chi connectivity index (χ4n) is 2.44. The smallest absolute Gasteiger partial charge is 0.407 e. The predicted octanol–water partition coefficient (Wildman–Crippen LogP) is 1.33. The first-order valence-corrected chi connectivity index (χ1v) is 8.67. The summed E-state index contributed by atoms with van der Waals surface area (Å²) in [5, 5.41) is 2.56. The van der Waals surface area contributed by atoms with Crippen LogP contribution in [-0.4, -0.2) is 50.8 Å². The zero-order valence-corrected chi connectivity index (χ0v) is 12.5. The zero-order valence-electron chi connectivity index (χ0n) is 11.7. The Bertz CT molecular complexity index is 377. The lowest BCUT2D eigenvalue weighted by atomic mass is 9.95. The maximum absolute atomic E-state index is 11.8. The van der Waals surface area contributed by atoms with Crippen LogP contribution in [0.15, 0.2) is 0 Å². The van der Waals surface area contributed by atoms with Crippen molar-refractivity contribution in [2.75, 3.05) is 26.0 Å². The molecular weight excluding hydrogens is 268 g/mol. The van der Waals surface area contributed by atoms with Crippen molar-refractivity contribution in [2.45, 2.75) is 45.1 Å². The van der Waals surface area contributed by atoms with Gasteiger partial charge < -0.3 is 10.1 Å².